The molecule has 2 aromatic carbocycles. The van der Waals surface area contributed by atoms with E-state index in [4.69, 9.17) is 20.4 Å². The van der Waals surface area contributed by atoms with Crippen LogP contribution in [-0.2, 0) is 33.0 Å². The Morgan fingerprint density at radius 1 is 1.09 bits per heavy atom. The van der Waals surface area contributed by atoms with E-state index in [2.05, 4.69) is 10.2 Å². The van der Waals surface area contributed by atoms with E-state index in [0.717, 1.165) is 4.90 Å². The number of aliphatic hydroxyl groups is 4. The van der Waals surface area contributed by atoms with Crippen molar-refractivity contribution in [1.82, 2.24) is 15.1 Å². The van der Waals surface area contributed by atoms with E-state index >= 15 is 4.39 Å². The number of halogens is 1. The van der Waals surface area contributed by atoms with Gasteiger partial charge < -0.3 is 35.4 Å². The largest absolute Gasteiger partial charge is 0.391 e. The number of anilines is 1. The number of carbonyl (C=O) groups excluding carboxylic acids is 3. The van der Waals surface area contributed by atoms with Crippen LogP contribution in [0.15, 0.2) is 36.4 Å². The predicted molar refractivity (Wildman–Crippen MR) is 155 cm³/mol. The van der Waals surface area contributed by atoms with Crippen molar-refractivity contribution in [2.24, 2.45) is 0 Å². The number of amides is 3. The molecule has 0 aliphatic carbocycles. The SMILES string of the molecule is [B]C(O)(Nc1cccc2c1CN(C1C(=O)NC(=O)C(O)(O)C1([B])O)C2=O)c1cc(CN2CC(C)(C)OC(C)(C)C2)ccc1F. The lowest BCUT2D eigenvalue weighted by Crippen LogP contribution is -2.79. The van der Waals surface area contributed by atoms with Gasteiger partial charge in [0.2, 0.25) is 0 Å². The maximum atomic E-state index is 15.1. The third-order valence-electron chi connectivity index (χ3n) is 8.02. The van der Waals surface area contributed by atoms with Crippen LogP contribution in [0.1, 0.15) is 54.7 Å². The second-order valence-electron chi connectivity index (χ2n) is 13.0. The summed E-state index contributed by atoms with van der Waals surface area (Å²) < 4.78 is 21.3. The summed E-state index contributed by atoms with van der Waals surface area (Å²) in [5, 5.41) is 46.6. The minimum atomic E-state index is -3.60. The summed E-state index contributed by atoms with van der Waals surface area (Å²) >= 11 is 0. The zero-order valence-electron chi connectivity index (χ0n) is 24.7. The number of nitrogens with zero attached hydrogens (tertiary/aromatic N) is 2. The van der Waals surface area contributed by atoms with Gasteiger partial charge in [-0.25, -0.2) is 4.39 Å². The van der Waals surface area contributed by atoms with E-state index in [0.29, 0.717) is 25.2 Å². The lowest BCUT2D eigenvalue weighted by atomic mass is 9.66. The van der Waals surface area contributed by atoms with Gasteiger partial charge in [-0.15, -0.1) is 0 Å². The summed E-state index contributed by atoms with van der Waals surface area (Å²) in [6.07, 6.45) is 0. The average Bonchev–Trinajstić information content (AvgIpc) is 3.19. The van der Waals surface area contributed by atoms with Crippen molar-refractivity contribution in [3.63, 3.8) is 0 Å². The Kier molecular flexibility index (Phi) is 7.55. The van der Waals surface area contributed by atoms with E-state index in [1.807, 2.05) is 27.7 Å². The molecule has 2 aromatic rings. The quantitative estimate of drug-likeness (QED) is 0.138. The second kappa shape index (κ2) is 10.4. The molecule has 6 N–H and O–H groups in total. The van der Waals surface area contributed by atoms with Crippen LogP contribution in [0.4, 0.5) is 10.1 Å². The fourth-order valence-electron chi connectivity index (χ4n) is 6.45. The van der Waals surface area contributed by atoms with Crippen LogP contribution in [0.5, 0.6) is 0 Å². The van der Waals surface area contributed by atoms with Crippen molar-refractivity contribution in [3.05, 3.63) is 64.5 Å². The molecule has 0 spiro atoms. The van der Waals surface area contributed by atoms with Crippen molar-refractivity contribution in [3.8, 4) is 0 Å². The van der Waals surface area contributed by atoms with Crippen LogP contribution < -0.4 is 10.6 Å². The van der Waals surface area contributed by atoms with Crippen LogP contribution in [0.2, 0.25) is 0 Å². The Labute approximate surface area is 256 Å². The monoisotopic (exact) mass is 606 g/mol. The highest BCUT2D eigenvalue weighted by Gasteiger charge is 2.64. The number of ether oxygens (including phenoxy) is 1. The van der Waals surface area contributed by atoms with Gasteiger partial charge in [0.1, 0.15) is 30.8 Å². The third kappa shape index (κ3) is 5.52. The number of nitrogens with one attached hydrogen (secondary N) is 2. The molecule has 3 heterocycles. The topological polar surface area (TPSA) is 172 Å². The van der Waals surface area contributed by atoms with Gasteiger partial charge in [-0.2, -0.15) is 0 Å². The molecule has 3 unspecified atom stereocenters. The van der Waals surface area contributed by atoms with Crippen LogP contribution in [0.3, 0.4) is 0 Å². The van der Waals surface area contributed by atoms with Crippen LogP contribution in [-0.4, -0.2) is 105 Å². The highest BCUT2D eigenvalue weighted by atomic mass is 19.1. The Morgan fingerprint density at radius 3 is 2.36 bits per heavy atom. The van der Waals surface area contributed by atoms with Gasteiger partial charge >= 0.3 is 0 Å². The molecule has 2 saturated heterocycles. The molecule has 44 heavy (non-hydrogen) atoms. The van der Waals surface area contributed by atoms with Gasteiger partial charge in [0, 0.05) is 48.6 Å². The van der Waals surface area contributed by atoms with Crippen molar-refractivity contribution in [2.75, 3.05) is 18.4 Å². The van der Waals surface area contributed by atoms with E-state index < -0.39 is 64.2 Å². The van der Waals surface area contributed by atoms with Gasteiger partial charge in [-0.1, -0.05) is 12.1 Å². The highest BCUT2D eigenvalue weighted by molar-refractivity contribution is 6.24. The number of hydrogen-bond donors (Lipinski definition) is 6. The molecular weight excluding hydrogens is 573 g/mol. The molecule has 0 saturated carbocycles. The number of morpholine rings is 1. The molecular formula is C29H33B2FN4O8. The number of carbonyl (C=O) groups is 3. The first kappa shape index (κ1) is 32.1. The normalized spacial score (nSPS) is 27.4. The smallest absolute Gasteiger partial charge is 0.288 e. The summed E-state index contributed by atoms with van der Waals surface area (Å²) in [5.41, 5.74) is -5.92. The standard InChI is InChI=1S/C29H33B2FN4O8/c1-25(2)13-35(14-26(3,4)44-25)11-15-8-9-19(32)18(10-15)29(31,43)34-20-7-5-6-16-17(20)12-36(23(16)38)21-22(37)33-24(39)28(41,42)27(21,30)40/h5-10,21,34,40-43H,11-14H2,1-4H3,(H,33,37,39). The first-order valence-electron chi connectivity index (χ1n) is 13.9. The molecule has 0 aromatic heterocycles. The minimum absolute atomic E-state index is 0.000418. The first-order chi connectivity index (χ1) is 20.2. The van der Waals surface area contributed by atoms with Crippen molar-refractivity contribution >= 4 is 39.1 Å². The Morgan fingerprint density at radius 2 is 1.73 bits per heavy atom. The number of hydrogen-bond acceptors (Lipinski definition) is 10. The number of benzene rings is 2. The third-order valence-corrected chi connectivity index (χ3v) is 8.02. The first-order valence-corrected chi connectivity index (χ1v) is 13.9. The molecule has 3 atom stereocenters. The molecule has 2 fully saturated rings. The zero-order valence-corrected chi connectivity index (χ0v) is 24.7. The van der Waals surface area contributed by atoms with E-state index in [1.54, 1.807) is 11.4 Å². The van der Waals surface area contributed by atoms with Gasteiger partial charge in [0.05, 0.1) is 11.2 Å². The maximum absolute atomic E-state index is 15.1. The van der Waals surface area contributed by atoms with Gasteiger partial charge in [-0.3, -0.25) is 24.6 Å². The van der Waals surface area contributed by atoms with Gasteiger partial charge in [0.25, 0.3) is 23.5 Å². The summed E-state index contributed by atoms with van der Waals surface area (Å²) in [4.78, 5) is 40.8. The lowest BCUT2D eigenvalue weighted by Gasteiger charge is -2.47. The van der Waals surface area contributed by atoms with Crippen molar-refractivity contribution in [1.29, 1.82) is 0 Å². The summed E-state index contributed by atoms with van der Waals surface area (Å²) in [5.74, 6) is -8.14. The van der Waals surface area contributed by atoms with E-state index in [9.17, 15) is 34.8 Å². The Hall–Kier alpha value is -3.33. The molecule has 0 bridgehead atoms. The van der Waals surface area contributed by atoms with E-state index in [-0.39, 0.29) is 22.4 Å². The summed E-state index contributed by atoms with van der Waals surface area (Å²) in [6, 6.07) is 6.42. The summed E-state index contributed by atoms with van der Waals surface area (Å²) in [6.45, 7) is 9.19. The van der Waals surface area contributed by atoms with E-state index in [1.165, 1.54) is 30.3 Å². The minimum Gasteiger partial charge on any atom is -0.391 e. The number of piperidine rings is 1. The molecule has 12 nitrogen and oxygen atoms in total. The average molecular weight is 606 g/mol. The Bertz CT molecular complexity index is 1530. The predicted octanol–water partition coefficient (Wildman–Crippen LogP) is -0.883. The van der Waals surface area contributed by atoms with Gasteiger partial charge in [0.15, 0.2) is 7.85 Å². The molecule has 230 valence electrons. The van der Waals surface area contributed by atoms with Crippen LogP contribution in [0, 0.1) is 5.82 Å². The molecule has 5 rings (SSSR count). The Balaban J connectivity index is 1.41. The fourth-order valence-corrected chi connectivity index (χ4v) is 6.45. The molecule has 4 radical (unpaired) electrons. The highest BCUT2D eigenvalue weighted by Crippen LogP contribution is 2.38. The van der Waals surface area contributed by atoms with Crippen molar-refractivity contribution < 1.29 is 43.9 Å². The van der Waals surface area contributed by atoms with Crippen LogP contribution in [0.25, 0.3) is 0 Å². The maximum Gasteiger partial charge on any atom is 0.288 e. The molecule has 3 aliphatic heterocycles. The molecule has 3 amide bonds. The van der Waals surface area contributed by atoms with Gasteiger partial charge in [-0.05, 0) is 57.5 Å². The number of fused-ring (bicyclic) bond motifs is 1. The van der Waals surface area contributed by atoms with Crippen LogP contribution >= 0.6 is 0 Å². The van der Waals surface area contributed by atoms with Crippen molar-refractivity contribution in [2.45, 2.75) is 74.9 Å². The fraction of sp³-hybridized carbons (Fsp3) is 0.483. The summed E-state index contributed by atoms with van der Waals surface area (Å²) in [7, 11) is 11.9. The molecule has 3 aliphatic rings. The molecule has 15 heteroatoms. The second-order valence-corrected chi connectivity index (χ2v) is 13.0. The number of rotatable bonds is 6. The lowest BCUT2D eigenvalue weighted by molar-refractivity contribution is -0.252. The number of imide groups is 1. The zero-order chi connectivity index (χ0) is 32.6.